The lowest BCUT2D eigenvalue weighted by atomic mass is 10.1. The number of aromatic nitrogens is 2. The van der Waals surface area contributed by atoms with Gasteiger partial charge in [0.15, 0.2) is 0 Å². The van der Waals surface area contributed by atoms with Crippen molar-refractivity contribution in [2.75, 3.05) is 5.32 Å². The van der Waals surface area contributed by atoms with Crippen molar-refractivity contribution in [2.45, 2.75) is 26.8 Å². The lowest BCUT2D eigenvalue weighted by Gasteiger charge is -2.06. The molecule has 0 saturated carbocycles. The van der Waals surface area contributed by atoms with Crippen LogP contribution in [0.25, 0.3) is 0 Å². The molecule has 0 aliphatic rings. The first-order valence-corrected chi connectivity index (χ1v) is 6.28. The Hall–Kier alpha value is -2.41. The molecule has 2 rings (SSSR count). The summed E-state index contributed by atoms with van der Waals surface area (Å²) in [4.78, 5) is 8.37. The van der Waals surface area contributed by atoms with E-state index in [4.69, 9.17) is 5.26 Å². The molecule has 1 aromatic heterocycles. The molecule has 4 nitrogen and oxygen atoms in total. The van der Waals surface area contributed by atoms with Gasteiger partial charge in [0, 0.05) is 12.2 Å². The standard InChI is InChI=1S/C15H16N4/c1-3-12-4-6-13(7-5-12)10-17-15-18-11(2)8-14(9-16)19-15/h4-8H,3,10H2,1-2H3,(H,17,18,19). The van der Waals surface area contributed by atoms with E-state index in [2.05, 4.69) is 46.5 Å². The normalized spacial score (nSPS) is 9.95. The summed E-state index contributed by atoms with van der Waals surface area (Å²) in [5.74, 6) is 0.496. The summed E-state index contributed by atoms with van der Waals surface area (Å²) >= 11 is 0. The van der Waals surface area contributed by atoms with Gasteiger partial charge in [-0.1, -0.05) is 31.2 Å². The number of nitrogens with one attached hydrogen (secondary N) is 1. The monoisotopic (exact) mass is 252 g/mol. The van der Waals surface area contributed by atoms with Crippen LogP contribution in [0.2, 0.25) is 0 Å². The highest BCUT2D eigenvalue weighted by molar-refractivity contribution is 5.34. The number of benzene rings is 1. The van der Waals surface area contributed by atoms with Gasteiger partial charge < -0.3 is 5.32 Å². The van der Waals surface area contributed by atoms with Crippen LogP contribution in [0.1, 0.15) is 29.4 Å². The van der Waals surface area contributed by atoms with E-state index in [-0.39, 0.29) is 0 Å². The largest absolute Gasteiger partial charge is 0.350 e. The van der Waals surface area contributed by atoms with E-state index < -0.39 is 0 Å². The van der Waals surface area contributed by atoms with Gasteiger partial charge in [-0.3, -0.25) is 0 Å². The van der Waals surface area contributed by atoms with E-state index >= 15 is 0 Å². The Balaban J connectivity index is 2.05. The molecule has 0 aliphatic carbocycles. The SMILES string of the molecule is CCc1ccc(CNc2nc(C)cc(C#N)n2)cc1. The third-order valence-electron chi connectivity index (χ3n) is 2.85. The average molecular weight is 252 g/mol. The first kappa shape index (κ1) is 13.0. The van der Waals surface area contributed by atoms with Crippen LogP contribution in [0.15, 0.2) is 30.3 Å². The van der Waals surface area contributed by atoms with E-state index in [1.807, 2.05) is 13.0 Å². The van der Waals surface area contributed by atoms with Crippen molar-refractivity contribution in [3.05, 3.63) is 52.8 Å². The molecular formula is C15H16N4. The second-order valence-electron chi connectivity index (χ2n) is 4.35. The van der Waals surface area contributed by atoms with Gasteiger partial charge in [0.25, 0.3) is 0 Å². The van der Waals surface area contributed by atoms with Gasteiger partial charge in [-0.25, -0.2) is 9.97 Å². The molecule has 0 fully saturated rings. The molecule has 0 saturated heterocycles. The van der Waals surface area contributed by atoms with Crippen molar-refractivity contribution in [3.8, 4) is 6.07 Å². The zero-order valence-corrected chi connectivity index (χ0v) is 11.1. The summed E-state index contributed by atoms with van der Waals surface area (Å²) in [6, 6.07) is 12.1. The van der Waals surface area contributed by atoms with E-state index in [1.54, 1.807) is 6.07 Å². The van der Waals surface area contributed by atoms with Crippen molar-refractivity contribution in [3.63, 3.8) is 0 Å². The second-order valence-corrected chi connectivity index (χ2v) is 4.35. The van der Waals surface area contributed by atoms with Crippen molar-refractivity contribution in [2.24, 2.45) is 0 Å². The maximum atomic E-state index is 8.86. The van der Waals surface area contributed by atoms with Crippen molar-refractivity contribution >= 4 is 5.95 Å². The fourth-order valence-corrected chi connectivity index (χ4v) is 1.78. The van der Waals surface area contributed by atoms with Crippen molar-refractivity contribution in [1.29, 1.82) is 5.26 Å². The van der Waals surface area contributed by atoms with Gasteiger partial charge in [-0.05, 0) is 30.5 Å². The Kier molecular flexibility index (Phi) is 4.09. The zero-order chi connectivity index (χ0) is 13.7. The van der Waals surface area contributed by atoms with E-state index in [9.17, 15) is 0 Å². The molecule has 0 bridgehead atoms. The van der Waals surface area contributed by atoms with E-state index in [0.29, 0.717) is 18.2 Å². The minimum atomic E-state index is 0.385. The number of rotatable bonds is 4. The first-order valence-electron chi connectivity index (χ1n) is 6.28. The van der Waals surface area contributed by atoms with E-state index in [0.717, 1.165) is 12.1 Å². The highest BCUT2D eigenvalue weighted by atomic mass is 15.1. The summed E-state index contributed by atoms with van der Waals surface area (Å²) in [5, 5.41) is 12.0. The molecule has 19 heavy (non-hydrogen) atoms. The zero-order valence-electron chi connectivity index (χ0n) is 11.1. The Labute approximate surface area is 113 Å². The van der Waals surface area contributed by atoms with Gasteiger partial charge in [0.05, 0.1) is 0 Å². The third-order valence-corrected chi connectivity index (χ3v) is 2.85. The molecule has 0 aliphatic heterocycles. The number of anilines is 1. The van der Waals surface area contributed by atoms with Gasteiger partial charge in [-0.15, -0.1) is 0 Å². The quantitative estimate of drug-likeness (QED) is 0.908. The highest BCUT2D eigenvalue weighted by Crippen LogP contribution is 2.08. The Morgan fingerprint density at radius 1 is 1.16 bits per heavy atom. The van der Waals surface area contributed by atoms with Crippen LogP contribution in [-0.4, -0.2) is 9.97 Å². The number of aryl methyl sites for hydroxylation is 2. The van der Waals surface area contributed by atoms with Gasteiger partial charge in [0.1, 0.15) is 11.8 Å². The molecule has 0 atom stereocenters. The lowest BCUT2D eigenvalue weighted by molar-refractivity contribution is 1.02. The minimum Gasteiger partial charge on any atom is -0.350 e. The van der Waals surface area contributed by atoms with Gasteiger partial charge in [0.2, 0.25) is 5.95 Å². The maximum absolute atomic E-state index is 8.86. The number of hydrogen-bond acceptors (Lipinski definition) is 4. The summed E-state index contributed by atoms with van der Waals surface area (Å²) < 4.78 is 0. The maximum Gasteiger partial charge on any atom is 0.224 e. The molecular weight excluding hydrogens is 236 g/mol. The molecule has 96 valence electrons. The molecule has 0 spiro atoms. The Bertz CT molecular complexity index is 597. The van der Waals surface area contributed by atoms with E-state index in [1.165, 1.54) is 11.1 Å². The van der Waals surface area contributed by atoms with Crippen LogP contribution >= 0.6 is 0 Å². The van der Waals surface area contributed by atoms with Crippen LogP contribution in [-0.2, 0) is 13.0 Å². The fraction of sp³-hybridized carbons (Fsp3) is 0.267. The van der Waals surface area contributed by atoms with Gasteiger partial charge >= 0.3 is 0 Å². The Morgan fingerprint density at radius 3 is 2.47 bits per heavy atom. The molecule has 0 amide bonds. The summed E-state index contributed by atoms with van der Waals surface area (Å²) in [6.45, 7) is 4.64. The molecule has 1 aromatic carbocycles. The Morgan fingerprint density at radius 2 is 1.84 bits per heavy atom. The van der Waals surface area contributed by atoms with Crippen LogP contribution in [0.4, 0.5) is 5.95 Å². The molecule has 1 heterocycles. The van der Waals surface area contributed by atoms with Crippen LogP contribution in [0.5, 0.6) is 0 Å². The van der Waals surface area contributed by atoms with Crippen LogP contribution in [0, 0.1) is 18.3 Å². The third kappa shape index (κ3) is 3.52. The molecule has 0 radical (unpaired) electrons. The number of nitrogens with zero attached hydrogens (tertiary/aromatic N) is 3. The smallest absolute Gasteiger partial charge is 0.224 e. The molecule has 0 unspecified atom stereocenters. The average Bonchev–Trinajstić information content (AvgIpc) is 2.45. The van der Waals surface area contributed by atoms with Crippen molar-refractivity contribution < 1.29 is 0 Å². The lowest BCUT2D eigenvalue weighted by Crippen LogP contribution is -2.05. The minimum absolute atomic E-state index is 0.385. The second kappa shape index (κ2) is 5.96. The summed E-state index contributed by atoms with van der Waals surface area (Å²) in [7, 11) is 0. The molecule has 4 heteroatoms. The topological polar surface area (TPSA) is 61.6 Å². The fourth-order valence-electron chi connectivity index (χ4n) is 1.78. The predicted molar refractivity (Wildman–Crippen MR) is 74.6 cm³/mol. The summed E-state index contributed by atoms with van der Waals surface area (Å²) in [6.07, 6.45) is 1.04. The predicted octanol–water partition coefficient (Wildman–Crippen LogP) is 2.83. The molecule has 1 N–H and O–H groups in total. The summed E-state index contributed by atoms with van der Waals surface area (Å²) in [5.41, 5.74) is 3.66. The van der Waals surface area contributed by atoms with Crippen molar-refractivity contribution in [1.82, 2.24) is 9.97 Å². The first-order chi connectivity index (χ1) is 9.21. The number of hydrogen-bond donors (Lipinski definition) is 1. The number of nitriles is 1. The van der Waals surface area contributed by atoms with Crippen LogP contribution < -0.4 is 5.32 Å². The molecule has 2 aromatic rings. The highest BCUT2D eigenvalue weighted by Gasteiger charge is 2.01. The van der Waals surface area contributed by atoms with Gasteiger partial charge in [-0.2, -0.15) is 5.26 Å². The van der Waals surface area contributed by atoms with Crippen LogP contribution in [0.3, 0.4) is 0 Å².